The fourth-order valence-electron chi connectivity index (χ4n) is 2.80. The third-order valence-electron chi connectivity index (χ3n) is 4.36. The highest BCUT2D eigenvalue weighted by Crippen LogP contribution is 2.31. The summed E-state index contributed by atoms with van der Waals surface area (Å²) in [4.78, 5) is 16.3. The summed E-state index contributed by atoms with van der Waals surface area (Å²) in [6, 6.07) is 8.39. The summed E-state index contributed by atoms with van der Waals surface area (Å²) in [6.45, 7) is 0. The highest BCUT2D eigenvalue weighted by Gasteiger charge is 2.30. The lowest BCUT2D eigenvalue weighted by molar-refractivity contribution is -0.137. The number of hydrogen-bond donors (Lipinski definition) is 1. The van der Waals surface area contributed by atoms with E-state index in [1.54, 1.807) is 12.1 Å². The average Bonchev–Trinajstić information content (AvgIpc) is 3.24. The number of halogens is 5. The Kier molecular flexibility index (Phi) is 5.09. The molecular weight excluding hydrogens is 419 g/mol. The van der Waals surface area contributed by atoms with Gasteiger partial charge in [-0.2, -0.15) is 13.2 Å². The highest BCUT2D eigenvalue weighted by molar-refractivity contribution is 5.61. The molecule has 11 heteroatoms. The molecule has 0 fully saturated rings. The van der Waals surface area contributed by atoms with Crippen LogP contribution >= 0.6 is 0 Å². The first kappa shape index (κ1) is 20.4. The van der Waals surface area contributed by atoms with Crippen molar-refractivity contribution in [3.63, 3.8) is 0 Å². The molecule has 0 aliphatic rings. The van der Waals surface area contributed by atoms with Gasteiger partial charge in [0.15, 0.2) is 0 Å². The van der Waals surface area contributed by atoms with Crippen LogP contribution in [0.4, 0.5) is 27.8 Å². The van der Waals surface area contributed by atoms with Gasteiger partial charge in [0.25, 0.3) is 6.43 Å². The Morgan fingerprint density at radius 2 is 1.58 bits per heavy atom. The van der Waals surface area contributed by atoms with E-state index >= 15 is 0 Å². The van der Waals surface area contributed by atoms with E-state index in [4.69, 9.17) is 5.73 Å². The largest absolute Gasteiger partial charge is 0.416 e. The molecular formula is C20H13F5N6. The van der Waals surface area contributed by atoms with E-state index in [1.807, 2.05) is 0 Å². The quantitative estimate of drug-likeness (QED) is 0.463. The van der Waals surface area contributed by atoms with Gasteiger partial charge in [0.1, 0.15) is 17.8 Å². The minimum Gasteiger partial charge on any atom is -0.384 e. The van der Waals surface area contributed by atoms with Crippen LogP contribution in [0.1, 0.15) is 17.7 Å². The van der Waals surface area contributed by atoms with Gasteiger partial charge in [-0.3, -0.25) is 4.57 Å². The molecule has 0 radical (unpaired) electrons. The first-order valence-corrected chi connectivity index (χ1v) is 8.82. The minimum atomic E-state index is -4.51. The van der Waals surface area contributed by atoms with Crippen LogP contribution in [0.25, 0.3) is 28.5 Å². The minimum absolute atomic E-state index is 0.0541. The van der Waals surface area contributed by atoms with E-state index in [0.717, 1.165) is 18.2 Å². The van der Waals surface area contributed by atoms with Crippen LogP contribution in [0.2, 0.25) is 0 Å². The zero-order valence-corrected chi connectivity index (χ0v) is 15.6. The summed E-state index contributed by atoms with van der Waals surface area (Å²) in [7, 11) is 0. The molecule has 2 N–H and O–H groups in total. The molecule has 6 nitrogen and oxygen atoms in total. The van der Waals surface area contributed by atoms with E-state index in [0.29, 0.717) is 17.1 Å². The SMILES string of the molecule is Nc1ccc(-c2cn(-c3nc(-c4ccc(C(F)(F)F)cc4)cc(C(F)F)n3)cn2)cn1. The molecule has 0 saturated heterocycles. The van der Waals surface area contributed by atoms with Crippen LogP contribution in [-0.4, -0.2) is 24.5 Å². The van der Waals surface area contributed by atoms with Crippen LogP contribution < -0.4 is 5.73 Å². The number of pyridine rings is 1. The van der Waals surface area contributed by atoms with E-state index in [-0.39, 0.29) is 17.2 Å². The molecule has 0 bridgehead atoms. The third kappa shape index (κ3) is 4.34. The number of nitrogen functional groups attached to an aromatic ring is 1. The lowest BCUT2D eigenvalue weighted by atomic mass is 10.1. The monoisotopic (exact) mass is 432 g/mol. The Labute approximate surface area is 172 Å². The van der Waals surface area contributed by atoms with Gasteiger partial charge in [-0.1, -0.05) is 12.1 Å². The maximum Gasteiger partial charge on any atom is 0.416 e. The Morgan fingerprint density at radius 1 is 0.871 bits per heavy atom. The van der Waals surface area contributed by atoms with Crippen molar-refractivity contribution in [2.75, 3.05) is 5.73 Å². The summed E-state index contributed by atoms with van der Waals surface area (Å²) >= 11 is 0. The number of nitrogens with zero attached hydrogens (tertiary/aromatic N) is 5. The maximum absolute atomic E-state index is 13.4. The van der Waals surface area contributed by atoms with Crippen LogP contribution in [0.15, 0.2) is 61.2 Å². The van der Waals surface area contributed by atoms with Crippen LogP contribution in [-0.2, 0) is 6.18 Å². The van der Waals surface area contributed by atoms with Gasteiger partial charge in [0.05, 0.1) is 17.0 Å². The van der Waals surface area contributed by atoms with Crippen molar-refractivity contribution in [1.29, 1.82) is 0 Å². The van der Waals surface area contributed by atoms with E-state index in [1.165, 1.54) is 35.4 Å². The molecule has 31 heavy (non-hydrogen) atoms. The number of anilines is 1. The third-order valence-corrected chi connectivity index (χ3v) is 4.36. The van der Waals surface area contributed by atoms with Gasteiger partial charge >= 0.3 is 6.18 Å². The number of rotatable bonds is 4. The maximum atomic E-state index is 13.4. The number of aromatic nitrogens is 5. The van der Waals surface area contributed by atoms with Crippen molar-refractivity contribution in [2.45, 2.75) is 12.6 Å². The molecule has 0 saturated carbocycles. The van der Waals surface area contributed by atoms with E-state index in [2.05, 4.69) is 19.9 Å². The molecule has 0 spiro atoms. The average molecular weight is 432 g/mol. The zero-order valence-electron chi connectivity index (χ0n) is 15.6. The van der Waals surface area contributed by atoms with Crippen LogP contribution in [0.5, 0.6) is 0 Å². The molecule has 0 aliphatic heterocycles. The lowest BCUT2D eigenvalue weighted by Gasteiger charge is -2.10. The lowest BCUT2D eigenvalue weighted by Crippen LogP contribution is -2.05. The fourth-order valence-corrected chi connectivity index (χ4v) is 2.80. The molecule has 0 amide bonds. The second-order valence-corrected chi connectivity index (χ2v) is 6.49. The van der Waals surface area contributed by atoms with Gasteiger partial charge in [0, 0.05) is 23.5 Å². The second-order valence-electron chi connectivity index (χ2n) is 6.49. The Hall–Kier alpha value is -3.89. The van der Waals surface area contributed by atoms with E-state index < -0.39 is 23.9 Å². The molecule has 0 atom stereocenters. The summed E-state index contributed by atoms with van der Waals surface area (Å²) in [5.41, 5.74) is 5.56. The van der Waals surface area contributed by atoms with Gasteiger partial charge in [-0.05, 0) is 30.3 Å². The number of hydrogen-bond acceptors (Lipinski definition) is 5. The molecule has 4 rings (SSSR count). The number of imidazole rings is 1. The van der Waals surface area contributed by atoms with Crippen molar-refractivity contribution in [3.8, 4) is 28.5 Å². The number of nitrogens with two attached hydrogens (primary N) is 1. The Bertz CT molecular complexity index is 1200. The van der Waals surface area contributed by atoms with Crippen LogP contribution in [0.3, 0.4) is 0 Å². The van der Waals surface area contributed by atoms with Gasteiger partial charge in [0.2, 0.25) is 5.95 Å². The van der Waals surface area contributed by atoms with Crippen molar-refractivity contribution < 1.29 is 22.0 Å². The molecule has 1 aromatic carbocycles. The smallest absolute Gasteiger partial charge is 0.384 e. The number of alkyl halides is 5. The predicted molar refractivity (Wildman–Crippen MR) is 102 cm³/mol. The fraction of sp³-hybridized carbons (Fsp3) is 0.100. The van der Waals surface area contributed by atoms with Crippen LogP contribution in [0, 0.1) is 0 Å². The van der Waals surface area contributed by atoms with Crippen molar-refractivity contribution in [2.24, 2.45) is 0 Å². The normalized spacial score (nSPS) is 11.8. The topological polar surface area (TPSA) is 82.5 Å². The molecule has 3 heterocycles. The first-order chi connectivity index (χ1) is 14.7. The highest BCUT2D eigenvalue weighted by atomic mass is 19.4. The van der Waals surface area contributed by atoms with Crippen molar-refractivity contribution >= 4 is 5.82 Å². The standard InChI is InChI=1S/C20H13F5N6/c21-18(22)15-7-14(11-1-4-13(5-2-11)20(23,24)25)29-19(30-15)31-9-16(28-10-31)12-3-6-17(26)27-8-12/h1-10,18H,(H2,26,27). The second kappa shape index (κ2) is 7.74. The summed E-state index contributed by atoms with van der Waals surface area (Å²) < 4.78 is 66.5. The van der Waals surface area contributed by atoms with Gasteiger partial charge in [-0.25, -0.2) is 28.7 Å². The van der Waals surface area contributed by atoms with Crippen molar-refractivity contribution in [1.82, 2.24) is 24.5 Å². The first-order valence-electron chi connectivity index (χ1n) is 8.82. The van der Waals surface area contributed by atoms with Gasteiger partial charge < -0.3 is 5.73 Å². The number of benzene rings is 1. The Balaban J connectivity index is 1.74. The Morgan fingerprint density at radius 3 is 2.19 bits per heavy atom. The molecule has 4 aromatic rings. The van der Waals surface area contributed by atoms with Crippen molar-refractivity contribution in [3.05, 3.63) is 72.4 Å². The summed E-state index contributed by atoms with van der Waals surface area (Å²) in [5.74, 6) is 0.229. The van der Waals surface area contributed by atoms with Gasteiger partial charge in [-0.15, -0.1) is 0 Å². The molecule has 0 unspecified atom stereocenters. The zero-order chi connectivity index (χ0) is 22.2. The summed E-state index contributed by atoms with van der Waals surface area (Å²) in [6.07, 6.45) is -3.04. The molecule has 158 valence electrons. The summed E-state index contributed by atoms with van der Waals surface area (Å²) in [5, 5.41) is 0. The van der Waals surface area contributed by atoms with E-state index in [9.17, 15) is 22.0 Å². The molecule has 3 aromatic heterocycles. The predicted octanol–water partition coefficient (Wildman–Crippen LogP) is 4.93. The molecule has 0 aliphatic carbocycles.